The van der Waals surface area contributed by atoms with Crippen molar-refractivity contribution in [2.45, 2.75) is 45.1 Å². The summed E-state index contributed by atoms with van der Waals surface area (Å²) in [5.41, 5.74) is 1.26. The maximum atomic E-state index is 4.41. The van der Waals surface area contributed by atoms with Crippen molar-refractivity contribution < 1.29 is 0 Å². The van der Waals surface area contributed by atoms with Gasteiger partial charge in [-0.25, -0.2) is 0 Å². The van der Waals surface area contributed by atoms with Crippen molar-refractivity contribution in [3.05, 3.63) is 22.4 Å². The molecule has 1 aliphatic rings. The lowest BCUT2D eigenvalue weighted by molar-refractivity contribution is 0.224. The molecule has 7 heteroatoms. The molecular weight excluding hydrogens is 505 g/mol. The molecule has 26 heavy (non-hydrogen) atoms. The van der Waals surface area contributed by atoms with Crippen molar-refractivity contribution in [1.82, 2.24) is 19.7 Å². The summed E-state index contributed by atoms with van der Waals surface area (Å²) in [4.78, 5) is 9.22. The number of hydrogen-bond donors (Lipinski definition) is 1. The van der Waals surface area contributed by atoms with Crippen LogP contribution in [0.1, 0.15) is 44.2 Å². The average molecular weight is 540 g/mol. The Bertz CT molecular complexity index is 540. The first-order valence-corrected chi connectivity index (χ1v) is 10.3. The van der Waals surface area contributed by atoms with Crippen LogP contribution in [0, 0.1) is 0 Å². The predicted octanol–water partition coefficient (Wildman–Crippen LogP) is 4.07. The van der Waals surface area contributed by atoms with E-state index in [-0.39, 0.29) is 24.0 Å². The zero-order valence-corrected chi connectivity index (χ0v) is 20.4. The van der Waals surface area contributed by atoms with Crippen molar-refractivity contribution in [2.75, 3.05) is 40.3 Å². The highest BCUT2D eigenvalue weighted by Gasteiger charge is 2.10. The van der Waals surface area contributed by atoms with E-state index >= 15 is 0 Å². The summed E-state index contributed by atoms with van der Waals surface area (Å²) in [5.74, 6) is 0.966. The topological polar surface area (TPSA) is 35.8 Å². The van der Waals surface area contributed by atoms with Crippen LogP contribution < -0.4 is 5.32 Å². The van der Waals surface area contributed by atoms with E-state index in [0.29, 0.717) is 0 Å². The fourth-order valence-corrected chi connectivity index (χ4v) is 4.02. The maximum Gasteiger partial charge on any atom is 0.193 e. The third-order valence-corrected chi connectivity index (χ3v) is 5.36. The molecule has 0 saturated carbocycles. The molecule has 150 valence electrons. The Morgan fingerprint density at radius 1 is 1.23 bits per heavy atom. The fourth-order valence-electron chi connectivity index (χ4n) is 3.45. The molecule has 0 radical (unpaired) electrons. The van der Waals surface area contributed by atoms with Gasteiger partial charge in [0.25, 0.3) is 0 Å². The summed E-state index contributed by atoms with van der Waals surface area (Å²) in [6.45, 7) is 5.73. The Kier molecular flexibility index (Phi) is 11.9. The molecule has 1 aromatic heterocycles. The van der Waals surface area contributed by atoms with Gasteiger partial charge in [-0.15, -0.1) is 24.0 Å². The molecule has 0 unspecified atom stereocenters. The van der Waals surface area contributed by atoms with E-state index in [0.717, 1.165) is 23.5 Å². The predicted molar refractivity (Wildman–Crippen MR) is 125 cm³/mol. The number of likely N-dealkylation sites (tertiary alicyclic amines) is 1. The Morgan fingerprint density at radius 2 is 1.96 bits per heavy atom. The number of piperidine rings is 1. The van der Waals surface area contributed by atoms with Gasteiger partial charge in [0.05, 0.1) is 6.54 Å². The molecule has 1 fully saturated rings. The molecule has 0 aliphatic carbocycles. The zero-order valence-electron chi connectivity index (χ0n) is 16.5. The summed E-state index contributed by atoms with van der Waals surface area (Å²) in [7, 11) is 6.02. The minimum absolute atomic E-state index is 0. The molecule has 0 aromatic carbocycles. The van der Waals surface area contributed by atoms with E-state index in [2.05, 4.69) is 67.0 Å². The lowest BCUT2D eigenvalue weighted by Crippen LogP contribution is -2.39. The van der Waals surface area contributed by atoms with Gasteiger partial charge in [0.1, 0.15) is 0 Å². The number of nitrogens with zero attached hydrogens (tertiary/aromatic N) is 4. The van der Waals surface area contributed by atoms with Gasteiger partial charge in [-0.3, -0.25) is 4.99 Å². The van der Waals surface area contributed by atoms with Gasteiger partial charge in [0, 0.05) is 44.1 Å². The number of aryl methyl sites for hydroxylation is 1. The van der Waals surface area contributed by atoms with Gasteiger partial charge in [0.2, 0.25) is 0 Å². The molecule has 0 bridgehead atoms. The summed E-state index contributed by atoms with van der Waals surface area (Å²) >= 11 is 3.53. The van der Waals surface area contributed by atoms with Gasteiger partial charge in [0.15, 0.2) is 5.96 Å². The van der Waals surface area contributed by atoms with Crippen LogP contribution >= 0.6 is 39.9 Å². The van der Waals surface area contributed by atoms with Gasteiger partial charge in [-0.1, -0.05) is 12.8 Å². The van der Waals surface area contributed by atoms with Gasteiger partial charge in [-0.05, 0) is 67.3 Å². The second-order valence-corrected chi connectivity index (χ2v) is 7.97. The van der Waals surface area contributed by atoms with Crippen LogP contribution in [0.3, 0.4) is 0 Å². The molecular formula is C19H35BrIN5. The number of guanidine groups is 1. The molecule has 5 nitrogen and oxygen atoms in total. The summed E-state index contributed by atoms with van der Waals surface area (Å²) in [6.07, 6.45) is 10.1. The van der Waals surface area contributed by atoms with E-state index in [9.17, 15) is 0 Å². The molecule has 1 aromatic rings. The highest BCUT2D eigenvalue weighted by Crippen LogP contribution is 2.15. The standard InChI is InChI=1S/C19H34BrN5.HI/c1-21-19(24(3)16-18-14-17(20)15-23(18)2)22-10-6-4-7-11-25-12-8-5-9-13-25;/h14-15H,4-13,16H2,1-3H3,(H,21,22);1H. The average Bonchev–Trinajstić information content (AvgIpc) is 2.92. The molecule has 1 N–H and O–H groups in total. The molecule has 0 amide bonds. The number of hydrogen-bond acceptors (Lipinski definition) is 2. The first-order valence-electron chi connectivity index (χ1n) is 9.55. The molecule has 2 rings (SSSR count). The van der Waals surface area contributed by atoms with Crippen molar-refractivity contribution in [3.8, 4) is 0 Å². The minimum atomic E-state index is 0. The van der Waals surface area contributed by atoms with Crippen molar-refractivity contribution in [2.24, 2.45) is 12.0 Å². The van der Waals surface area contributed by atoms with Gasteiger partial charge in [-0.2, -0.15) is 0 Å². The van der Waals surface area contributed by atoms with Crippen LogP contribution in [0.4, 0.5) is 0 Å². The van der Waals surface area contributed by atoms with Crippen LogP contribution in [0.2, 0.25) is 0 Å². The van der Waals surface area contributed by atoms with Crippen LogP contribution in [0.5, 0.6) is 0 Å². The molecule has 1 saturated heterocycles. The number of aromatic nitrogens is 1. The van der Waals surface area contributed by atoms with E-state index in [1.165, 1.54) is 63.9 Å². The van der Waals surface area contributed by atoms with E-state index in [1.807, 2.05) is 7.05 Å². The number of aliphatic imine (C=N–C) groups is 1. The van der Waals surface area contributed by atoms with E-state index in [4.69, 9.17) is 0 Å². The summed E-state index contributed by atoms with van der Waals surface area (Å²) in [5, 5.41) is 3.50. The number of halogens is 2. The zero-order chi connectivity index (χ0) is 18.1. The normalized spacial score (nSPS) is 15.6. The lowest BCUT2D eigenvalue weighted by atomic mass is 10.1. The van der Waals surface area contributed by atoms with E-state index < -0.39 is 0 Å². The van der Waals surface area contributed by atoms with Crippen molar-refractivity contribution >= 4 is 45.9 Å². The number of unbranched alkanes of at least 4 members (excludes halogenated alkanes) is 2. The Morgan fingerprint density at radius 3 is 2.58 bits per heavy atom. The summed E-state index contributed by atoms with van der Waals surface area (Å²) < 4.78 is 3.27. The van der Waals surface area contributed by atoms with Crippen LogP contribution in [0.25, 0.3) is 0 Å². The molecule has 0 spiro atoms. The van der Waals surface area contributed by atoms with Crippen LogP contribution in [-0.4, -0.2) is 60.6 Å². The Hall–Kier alpha value is -0.280. The van der Waals surface area contributed by atoms with E-state index in [1.54, 1.807) is 0 Å². The smallest absolute Gasteiger partial charge is 0.193 e. The molecule has 2 heterocycles. The second kappa shape index (κ2) is 13.0. The summed E-state index contributed by atoms with van der Waals surface area (Å²) in [6, 6.07) is 2.16. The Balaban J connectivity index is 0.00000338. The minimum Gasteiger partial charge on any atom is -0.356 e. The molecule has 0 atom stereocenters. The fraction of sp³-hybridized carbons (Fsp3) is 0.737. The highest BCUT2D eigenvalue weighted by atomic mass is 127. The maximum absolute atomic E-state index is 4.41. The SMILES string of the molecule is CN=C(NCCCCCN1CCCCC1)N(C)Cc1cc(Br)cn1C.I. The van der Waals surface area contributed by atoms with Crippen molar-refractivity contribution in [1.29, 1.82) is 0 Å². The van der Waals surface area contributed by atoms with Gasteiger partial charge < -0.3 is 19.7 Å². The third-order valence-electron chi connectivity index (χ3n) is 4.93. The highest BCUT2D eigenvalue weighted by molar-refractivity contribution is 14.0. The first kappa shape index (κ1) is 23.8. The van der Waals surface area contributed by atoms with Gasteiger partial charge >= 0.3 is 0 Å². The van der Waals surface area contributed by atoms with Crippen molar-refractivity contribution in [3.63, 3.8) is 0 Å². The second-order valence-electron chi connectivity index (χ2n) is 7.05. The van der Waals surface area contributed by atoms with Crippen LogP contribution in [-0.2, 0) is 13.6 Å². The molecule has 1 aliphatic heterocycles. The number of rotatable bonds is 8. The monoisotopic (exact) mass is 539 g/mol. The lowest BCUT2D eigenvalue weighted by Gasteiger charge is -2.26. The Labute approximate surface area is 184 Å². The number of nitrogens with one attached hydrogen (secondary N) is 1. The largest absolute Gasteiger partial charge is 0.356 e. The van der Waals surface area contributed by atoms with Crippen LogP contribution in [0.15, 0.2) is 21.7 Å². The quantitative estimate of drug-likeness (QED) is 0.234. The first-order chi connectivity index (χ1) is 12.1. The third kappa shape index (κ3) is 8.17.